The number of carbonyl (C=O) groups is 2. The van der Waals surface area contributed by atoms with Crippen molar-refractivity contribution in [2.45, 2.75) is 309 Å². The second kappa shape index (κ2) is 51.0. The Hall–Kier alpha value is -1.51. The van der Waals surface area contributed by atoms with Gasteiger partial charge in [-0.2, -0.15) is 0 Å². The van der Waals surface area contributed by atoms with Gasteiger partial charge in [-0.1, -0.05) is 251 Å². The number of hydrogen-bond acceptors (Lipinski definition) is 7. The van der Waals surface area contributed by atoms with Crippen LogP contribution in [-0.4, -0.2) is 69.4 Å². The van der Waals surface area contributed by atoms with Crippen LogP contribution in [0.4, 0.5) is 0 Å². The first-order valence-corrected chi connectivity index (χ1v) is 31.6. The van der Waals surface area contributed by atoms with E-state index in [0.717, 1.165) is 70.6 Å². The molecule has 0 radical (unpaired) electrons. The highest BCUT2D eigenvalue weighted by molar-refractivity contribution is 7.45. The summed E-state index contributed by atoms with van der Waals surface area (Å²) < 4.78 is 30.2. The van der Waals surface area contributed by atoms with E-state index in [1.54, 1.807) is 0 Å². The monoisotopic (exact) mass is 1010 g/mol. The third kappa shape index (κ3) is 51.4. The third-order valence-corrected chi connectivity index (χ3v) is 14.6. The van der Waals surface area contributed by atoms with Crippen molar-refractivity contribution < 1.29 is 37.3 Å². The average Bonchev–Trinajstić information content (AvgIpc) is 3.32. The number of carbonyl (C=O) groups excluding carboxylic acids is 2. The molecule has 0 spiro atoms. The lowest BCUT2D eigenvalue weighted by Gasteiger charge is -2.30. The van der Waals surface area contributed by atoms with E-state index in [2.05, 4.69) is 38.2 Å². The normalized spacial score (nSPS) is 13.9. The lowest BCUT2D eigenvalue weighted by atomic mass is 10.0. The maximum absolute atomic E-state index is 13.5. The van der Waals surface area contributed by atoms with Crippen LogP contribution in [0.5, 0.6) is 0 Å². The molecule has 0 saturated heterocycles. The molecule has 3 atom stereocenters. The molecule has 1 N–H and O–H groups in total. The quantitative estimate of drug-likeness (QED) is 0.0212. The number of quaternary nitrogens is 1. The highest BCUT2D eigenvalue weighted by atomic mass is 31.2. The Morgan fingerprint density at radius 2 is 0.829 bits per heavy atom. The molecule has 70 heavy (non-hydrogen) atoms. The van der Waals surface area contributed by atoms with Crippen molar-refractivity contribution in [2.75, 3.05) is 40.9 Å². The van der Waals surface area contributed by atoms with Gasteiger partial charge in [0, 0.05) is 12.8 Å². The third-order valence-electron chi connectivity index (χ3n) is 13.6. The summed E-state index contributed by atoms with van der Waals surface area (Å²) in [5, 5.41) is 3.02. The van der Waals surface area contributed by atoms with Gasteiger partial charge < -0.3 is 28.5 Å². The molecular weight excluding hydrogens is 892 g/mol. The van der Waals surface area contributed by atoms with Crippen LogP contribution in [0.1, 0.15) is 297 Å². The van der Waals surface area contributed by atoms with Crippen LogP contribution in [-0.2, 0) is 27.9 Å². The maximum atomic E-state index is 13.5. The van der Waals surface area contributed by atoms with Crippen LogP contribution >= 0.6 is 7.82 Å². The smallest absolute Gasteiger partial charge is 0.306 e. The molecule has 0 aromatic heterocycles. The number of amides is 1. The Labute approximate surface area is 434 Å². The molecule has 10 heteroatoms. The lowest BCUT2D eigenvalue weighted by molar-refractivity contribution is -0.870. The summed E-state index contributed by atoms with van der Waals surface area (Å²) in [6, 6.07) is -0.889. The molecule has 1 amide bonds. The van der Waals surface area contributed by atoms with E-state index < -0.39 is 20.0 Å². The predicted molar refractivity (Wildman–Crippen MR) is 298 cm³/mol. The molecule has 414 valence electrons. The molecule has 0 aliphatic heterocycles. The number of unbranched alkanes of at least 4 members (excludes halogenated alkanes) is 37. The Balaban J connectivity index is 5.22. The molecule has 0 rings (SSSR count). The molecule has 0 aromatic carbocycles. The summed E-state index contributed by atoms with van der Waals surface area (Å²) in [4.78, 5) is 39.8. The maximum Gasteiger partial charge on any atom is 0.306 e. The van der Waals surface area contributed by atoms with Gasteiger partial charge in [-0.15, -0.1) is 0 Å². The minimum absolute atomic E-state index is 0.0217. The first kappa shape index (κ1) is 68.5. The largest absolute Gasteiger partial charge is 0.756 e. The molecule has 9 nitrogen and oxygen atoms in total. The summed E-state index contributed by atoms with van der Waals surface area (Å²) in [5.41, 5.74) is 0. The molecule has 0 saturated carbocycles. The van der Waals surface area contributed by atoms with E-state index in [1.165, 1.54) is 193 Å². The second-order valence-electron chi connectivity index (χ2n) is 21.9. The fourth-order valence-corrected chi connectivity index (χ4v) is 9.65. The van der Waals surface area contributed by atoms with E-state index in [-0.39, 0.29) is 31.5 Å². The topological polar surface area (TPSA) is 114 Å². The number of nitrogens with zero attached hydrogens (tertiary/aromatic N) is 1. The highest BCUT2D eigenvalue weighted by Crippen LogP contribution is 2.38. The predicted octanol–water partition coefficient (Wildman–Crippen LogP) is 17.5. The van der Waals surface area contributed by atoms with Crippen molar-refractivity contribution in [3.63, 3.8) is 0 Å². The van der Waals surface area contributed by atoms with Gasteiger partial charge in [-0.05, 0) is 57.4 Å². The number of allylic oxidation sites excluding steroid dienone is 3. The second-order valence-corrected chi connectivity index (χ2v) is 23.3. The van der Waals surface area contributed by atoms with Crippen LogP contribution < -0.4 is 10.2 Å². The minimum atomic E-state index is -4.69. The van der Waals surface area contributed by atoms with Crippen molar-refractivity contribution in [1.82, 2.24) is 5.32 Å². The van der Waals surface area contributed by atoms with Gasteiger partial charge in [0.2, 0.25) is 5.91 Å². The Bertz CT molecular complexity index is 1250. The summed E-state index contributed by atoms with van der Waals surface area (Å²) >= 11 is 0. The van der Waals surface area contributed by atoms with Crippen LogP contribution in [0.3, 0.4) is 0 Å². The number of likely N-dealkylation sites (N-methyl/N-ethyl adjacent to an activating group) is 1. The zero-order valence-corrected chi connectivity index (χ0v) is 48.1. The Kier molecular flexibility index (Phi) is 49.9. The number of ether oxygens (including phenoxy) is 1. The van der Waals surface area contributed by atoms with E-state index in [9.17, 15) is 19.0 Å². The van der Waals surface area contributed by atoms with Crippen LogP contribution in [0.25, 0.3) is 0 Å². The van der Waals surface area contributed by atoms with Gasteiger partial charge in [0.25, 0.3) is 7.82 Å². The van der Waals surface area contributed by atoms with Gasteiger partial charge in [-0.25, -0.2) is 0 Å². The summed E-state index contributed by atoms with van der Waals surface area (Å²) in [5.74, 6) is -0.546. The number of phosphoric ester groups is 1. The summed E-state index contributed by atoms with van der Waals surface area (Å²) in [7, 11) is 1.19. The van der Waals surface area contributed by atoms with Gasteiger partial charge >= 0.3 is 5.97 Å². The average molecular weight is 1010 g/mol. The number of nitrogens with one attached hydrogen (secondary N) is 1. The number of phosphoric acid groups is 1. The van der Waals surface area contributed by atoms with Crippen molar-refractivity contribution >= 4 is 19.7 Å². The summed E-state index contributed by atoms with van der Waals surface area (Å²) in [6.45, 7) is 6.85. The molecule has 0 aliphatic carbocycles. The molecule has 0 heterocycles. The molecule has 0 bridgehead atoms. The first-order chi connectivity index (χ1) is 33.9. The first-order valence-electron chi connectivity index (χ1n) is 30.1. The van der Waals surface area contributed by atoms with Gasteiger partial charge in [0.15, 0.2) is 0 Å². The van der Waals surface area contributed by atoms with Crippen LogP contribution in [0.15, 0.2) is 24.3 Å². The summed E-state index contributed by atoms with van der Waals surface area (Å²) in [6.07, 6.45) is 58.6. The van der Waals surface area contributed by atoms with Crippen LogP contribution in [0.2, 0.25) is 0 Å². The van der Waals surface area contributed by atoms with Gasteiger partial charge in [-0.3, -0.25) is 14.2 Å². The molecule has 0 aliphatic rings. The fraction of sp³-hybridized carbons (Fsp3) is 0.900. The number of rotatable bonds is 55. The SMILES string of the molecule is CCCCCCCCC/C=C\CCCCCC(=O)NC(COP(=O)([O-])OCC[N+](C)(C)C)C(/C=C/CCCCCCCCCCC)OC(=O)CCCCCCCCCCCCCCCCCCCCC. The molecule has 0 aromatic rings. The van der Waals surface area contributed by atoms with Crippen LogP contribution in [0, 0.1) is 0 Å². The zero-order valence-electron chi connectivity index (χ0n) is 47.2. The van der Waals surface area contributed by atoms with Gasteiger partial charge in [0.1, 0.15) is 19.3 Å². The Morgan fingerprint density at radius 1 is 0.486 bits per heavy atom. The number of esters is 1. The zero-order chi connectivity index (χ0) is 51.5. The van der Waals surface area contributed by atoms with E-state index in [4.69, 9.17) is 13.8 Å². The Morgan fingerprint density at radius 3 is 1.23 bits per heavy atom. The standard InChI is InChI=1S/C60H117N2O7P/c1-7-10-13-16-19-22-25-27-29-30-31-32-33-35-38-41-44-47-50-53-60(64)69-58(51-48-45-42-39-36-24-21-18-15-12-9-3)57(56-68-70(65,66)67-55-54-62(4,5)6)61-59(63)52-49-46-43-40-37-34-28-26-23-20-17-14-11-8-2/h34,37,48,51,57-58H,7-33,35-36,38-47,49-50,52-56H2,1-6H3,(H-,61,63,65,66)/b37-34-,51-48+. The van der Waals surface area contributed by atoms with E-state index in [0.29, 0.717) is 17.4 Å². The highest BCUT2D eigenvalue weighted by Gasteiger charge is 2.27. The van der Waals surface area contributed by atoms with Gasteiger partial charge in [0.05, 0.1) is 33.8 Å². The van der Waals surface area contributed by atoms with Crippen molar-refractivity contribution in [3.8, 4) is 0 Å². The van der Waals surface area contributed by atoms with Crippen molar-refractivity contribution in [3.05, 3.63) is 24.3 Å². The fourth-order valence-electron chi connectivity index (χ4n) is 8.93. The number of hydrogen-bond donors (Lipinski definition) is 1. The molecule has 3 unspecified atom stereocenters. The van der Waals surface area contributed by atoms with Crippen molar-refractivity contribution in [1.29, 1.82) is 0 Å². The lowest BCUT2D eigenvalue weighted by Crippen LogP contribution is -2.47. The minimum Gasteiger partial charge on any atom is -0.756 e. The van der Waals surface area contributed by atoms with Crippen molar-refractivity contribution in [2.24, 2.45) is 0 Å². The molecule has 0 fully saturated rings. The van der Waals surface area contributed by atoms with E-state index >= 15 is 0 Å². The molecular formula is C60H117N2O7P. The van der Waals surface area contributed by atoms with E-state index in [1.807, 2.05) is 33.3 Å².